The van der Waals surface area contributed by atoms with E-state index in [2.05, 4.69) is 114 Å². The number of pyridine rings is 4. The van der Waals surface area contributed by atoms with Gasteiger partial charge in [-0.2, -0.15) is 0 Å². The second kappa shape index (κ2) is 16.1. The van der Waals surface area contributed by atoms with Crippen LogP contribution in [0.5, 0.6) is 0 Å². The maximum absolute atomic E-state index is 5.41. The summed E-state index contributed by atoms with van der Waals surface area (Å²) < 4.78 is 6.07. The number of nitrogens with one attached hydrogen (secondary N) is 1. The van der Waals surface area contributed by atoms with Crippen LogP contribution in [0.2, 0.25) is 0 Å². The maximum atomic E-state index is 5.41. The Morgan fingerprint density at radius 2 is 0.691 bits per heavy atom. The van der Waals surface area contributed by atoms with Gasteiger partial charge in [0.15, 0.2) is 49.6 Å². The van der Waals surface area contributed by atoms with Gasteiger partial charge in [0.25, 0.3) is 0 Å². The second-order valence-corrected chi connectivity index (χ2v) is 16.9. The van der Waals surface area contributed by atoms with E-state index in [-0.39, 0.29) is 19.5 Å². The molecule has 7 aromatic heterocycles. The van der Waals surface area contributed by atoms with Crippen molar-refractivity contribution in [1.82, 2.24) is 39.9 Å². The number of aromatic nitrogens is 12. The Morgan fingerprint density at radius 1 is 0.353 bits per heavy atom. The Morgan fingerprint density at radius 3 is 1.12 bits per heavy atom. The zero-order valence-corrected chi connectivity index (χ0v) is 40.3. The molecule has 11 aromatic rings. The normalized spacial score (nSPS) is 11.6. The summed E-state index contributed by atoms with van der Waals surface area (Å²) in [6, 6.07) is 41.6. The topological polar surface area (TPSA) is 131 Å². The number of rotatable bonds is 4. The molecular weight excluding hydrogens is 894 g/mol. The number of aromatic amines is 1. The quantitative estimate of drug-likeness (QED) is 0.128. The molecule has 0 amide bonds. The largest absolute Gasteiger partial charge is 2.00 e. The first-order chi connectivity index (χ1) is 32.9. The number of H-pyrrole nitrogens is 1. The van der Waals surface area contributed by atoms with Gasteiger partial charge in [-0.3, -0.25) is 0 Å². The van der Waals surface area contributed by atoms with E-state index in [1.165, 1.54) is 0 Å². The zero-order valence-electron chi connectivity index (χ0n) is 37.3. The van der Waals surface area contributed by atoms with Gasteiger partial charge in [0.2, 0.25) is 0 Å². The summed E-state index contributed by atoms with van der Waals surface area (Å²) in [4.78, 5) is 46.0. The summed E-state index contributed by atoms with van der Waals surface area (Å²) in [5.41, 5.74) is 13.3. The van der Waals surface area contributed by atoms with Crippen LogP contribution in [0, 0.1) is 0 Å². The maximum Gasteiger partial charge on any atom is 2.00 e. The molecule has 8 bridgehead atoms. The second-order valence-electron chi connectivity index (χ2n) is 16.9. The third kappa shape index (κ3) is 6.69. The fourth-order valence-electron chi connectivity index (χ4n) is 9.42. The predicted molar refractivity (Wildman–Crippen MR) is 256 cm³/mol. The van der Waals surface area contributed by atoms with Crippen LogP contribution in [0.3, 0.4) is 0 Å². The molecule has 0 atom stereocenters. The number of hydrogen-bond donors (Lipinski definition) is 0. The minimum absolute atomic E-state index is 0. The van der Waals surface area contributed by atoms with Gasteiger partial charge in [0.05, 0.1) is 23.3 Å². The summed E-state index contributed by atoms with van der Waals surface area (Å²) in [6.45, 7) is 0. The Bertz CT molecular complexity index is 3940. The summed E-state index contributed by atoms with van der Waals surface area (Å²) in [6.07, 6.45) is 16.1. The molecule has 13 heteroatoms. The van der Waals surface area contributed by atoms with Crippen molar-refractivity contribution in [3.8, 4) is 90.1 Å². The van der Waals surface area contributed by atoms with Crippen molar-refractivity contribution in [3.63, 3.8) is 0 Å². The molecule has 2 aliphatic heterocycles. The van der Waals surface area contributed by atoms with Gasteiger partial charge >= 0.3 is 19.5 Å². The minimum atomic E-state index is 0. The van der Waals surface area contributed by atoms with Gasteiger partial charge in [0.1, 0.15) is 21.1 Å². The van der Waals surface area contributed by atoms with Crippen molar-refractivity contribution in [2.45, 2.75) is 0 Å². The Kier molecular flexibility index (Phi) is 9.70. The van der Waals surface area contributed by atoms with Crippen LogP contribution in [0.25, 0.3) is 134 Å². The number of benzene rings is 4. The average Bonchev–Trinajstić information content (AvgIpc) is 4.11. The van der Waals surface area contributed by atoms with E-state index in [1.54, 1.807) is 0 Å². The van der Waals surface area contributed by atoms with Crippen molar-refractivity contribution < 1.29 is 38.2 Å². The Labute approximate surface area is 402 Å². The van der Waals surface area contributed by atoms with Crippen LogP contribution in [0.4, 0.5) is 0 Å². The van der Waals surface area contributed by atoms with E-state index in [1.807, 2.05) is 96.6 Å². The van der Waals surface area contributed by atoms with Crippen LogP contribution >= 0.6 is 0 Å². The van der Waals surface area contributed by atoms with Crippen molar-refractivity contribution in [2.24, 2.45) is 21.1 Å². The molecule has 0 unspecified atom stereocenters. The first kappa shape index (κ1) is 40.9. The van der Waals surface area contributed by atoms with Gasteiger partial charge in [-0.1, -0.05) is 72.8 Å². The molecule has 9 heterocycles. The summed E-state index contributed by atoms with van der Waals surface area (Å²) in [5.74, 6) is 1.97. The molecule has 316 valence electrons. The van der Waals surface area contributed by atoms with E-state index in [0.29, 0.717) is 45.9 Å². The Hall–Kier alpha value is -8.54. The summed E-state index contributed by atoms with van der Waals surface area (Å²) in [5, 5.41) is 3.38. The molecule has 4 aromatic carbocycles. The van der Waals surface area contributed by atoms with E-state index in [9.17, 15) is 0 Å². The summed E-state index contributed by atoms with van der Waals surface area (Å²) >= 11 is 0. The number of hydrogen-bond acceptors (Lipinski definition) is 6. The molecule has 0 fully saturated rings. The molecule has 0 radical (unpaired) electrons. The summed E-state index contributed by atoms with van der Waals surface area (Å²) in [7, 11) is 6.04. The SMILES string of the molecule is C[n+]1ccc(-c2cccc3c2-c2nc-3nc3[n-]c(nc4nc(nc5[n-]c(n2)c2cccc(-c6cc[nH+]cc6)c52)-c2cccc(-c5cc[n+](C)cc5)c2-4)c2cccc(-c4cc[n+](C)cc4)c32)cc1.[Zn+2]. The monoisotopic (exact) mass is 930 g/mol. The average molecular weight is 932 g/mol. The van der Waals surface area contributed by atoms with Gasteiger partial charge in [-0.05, 0) is 55.3 Å². The molecule has 2 aliphatic rings. The van der Waals surface area contributed by atoms with Crippen LogP contribution in [0.15, 0.2) is 171 Å². The van der Waals surface area contributed by atoms with Crippen LogP contribution in [-0.2, 0) is 40.6 Å². The number of nitrogens with zero attached hydrogens (tertiary/aromatic N) is 11. The Balaban J connectivity index is 0.00000480. The van der Waals surface area contributed by atoms with Crippen LogP contribution in [0.1, 0.15) is 0 Å². The molecule has 12 nitrogen and oxygen atoms in total. The van der Waals surface area contributed by atoms with Crippen molar-refractivity contribution in [3.05, 3.63) is 171 Å². The molecule has 0 saturated carbocycles. The molecule has 1 N–H and O–H groups in total. The van der Waals surface area contributed by atoms with Crippen LogP contribution in [-0.4, -0.2) is 29.9 Å². The van der Waals surface area contributed by atoms with Gasteiger partial charge in [0, 0.05) is 104 Å². The minimum Gasteiger partial charge on any atom is -0.357 e. The first-order valence-corrected chi connectivity index (χ1v) is 22.0. The molecule has 68 heavy (non-hydrogen) atoms. The van der Waals surface area contributed by atoms with E-state index >= 15 is 0 Å². The zero-order chi connectivity index (χ0) is 44.8. The first-order valence-electron chi connectivity index (χ1n) is 22.0. The fourth-order valence-corrected chi connectivity index (χ4v) is 9.42. The van der Waals surface area contributed by atoms with Crippen molar-refractivity contribution in [1.29, 1.82) is 0 Å². The van der Waals surface area contributed by atoms with E-state index < -0.39 is 0 Å². The van der Waals surface area contributed by atoms with Gasteiger partial charge in [-0.25, -0.2) is 28.7 Å². The van der Waals surface area contributed by atoms with Crippen molar-refractivity contribution in [2.75, 3.05) is 0 Å². The molecular formula is C55H38N12Zn+4. The molecule has 0 aliphatic carbocycles. The predicted octanol–water partition coefficient (Wildman–Crippen LogP) is 8.08. The van der Waals surface area contributed by atoms with Gasteiger partial charge < -0.3 is 29.9 Å². The van der Waals surface area contributed by atoms with E-state index in [0.717, 1.165) is 88.3 Å². The molecule has 13 rings (SSSR count). The molecule has 0 saturated heterocycles. The molecule has 0 spiro atoms. The third-order valence-electron chi connectivity index (χ3n) is 12.7. The third-order valence-corrected chi connectivity index (χ3v) is 12.7. The van der Waals surface area contributed by atoms with Crippen molar-refractivity contribution >= 4 is 44.1 Å². The number of fused-ring (bicyclic) bond motifs is 20. The standard InChI is InChI=1S/C55H37N12.Zn/c1-65-26-18-33(19-27-65)37-9-5-13-41-45(37)54-60-49(41)58-52-44-36(32-16-24-56-25-17-32)8-4-12-40(44)48(57-52)59-53-46-38(34-20-28-66(2)29-21-34)10-6-14-42(46)50(61-53)63-55-47-39(35-22-30-67(3)31-23-35)11-7-15-43(47)51(62-54)64-55;/h4-31H,1-3H3;/q+1;+2/p+1. The van der Waals surface area contributed by atoms with Crippen LogP contribution < -0.4 is 28.7 Å². The smallest absolute Gasteiger partial charge is 0.357 e. The van der Waals surface area contributed by atoms with E-state index in [4.69, 9.17) is 39.9 Å². The fraction of sp³-hybridized carbons (Fsp3) is 0.0545. The van der Waals surface area contributed by atoms with Gasteiger partial charge in [-0.15, -0.1) is 0 Å². The number of aryl methyl sites for hydroxylation is 3.